The van der Waals surface area contributed by atoms with Crippen molar-refractivity contribution in [1.82, 2.24) is 5.32 Å². The first-order chi connectivity index (χ1) is 8.34. The highest BCUT2D eigenvalue weighted by Crippen LogP contribution is 2.05. The average Bonchev–Trinajstić information content (AvgIpc) is 2.39. The highest BCUT2D eigenvalue weighted by molar-refractivity contribution is 5.68. The van der Waals surface area contributed by atoms with Crippen LogP contribution in [-0.4, -0.2) is 12.1 Å². The smallest absolute Gasteiger partial charge is 0.408 e. The van der Waals surface area contributed by atoms with Crippen LogP contribution in [0.25, 0.3) is 0 Å². The van der Waals surface area contributed by atoms with Crippen LogP contribution >= 0.6 is 0 Å². The summed E-state index contributed by atoms with van der Waals surface area (Å²) in [6.07, 6.45) is 2.48. The molecule has 0 spiro atoms. The Bertz CT molecular complexity index is 431. The Labute approximate surface area is 101 Å². The van der Waals surface area contributed by atoms with Crippen molar-refractivity contribution in [3.63, 3.8) is 0 Å². The van der Waals surface area contributed by atoms with Gasteiger partial charge in [-0.15, -0.1) is 5.92 Å². The fourth-order valence-corrected chi connectivity index (χ4v) is 1.68. The summed E-state index contributed by atoms with van der Waals surface area (Å²) in [6.45, 7) is 0.298. The fourth-order valence-electron chi connectivity index (χ4n) is 1.68. The lowest BCUT2D eigenvalue weighted by Gasteiger charge is -2.14. The molecule has 1 aliphatic carbocycles. The van der Waals surface area contributed by atoms with Crippen molar-refractivity contribution < 1.29 is 9.53 Å². The van der Waals surface area contributed by atoms with E-state index >= 15 is 0 Å². The summed E-state index contributed by atoms with van der Waals surface area (Å²) < 4.78 is 5.11. The van der Waals surface area contributed by atoms with Gasteiger partial charge in [0.1, 0.15) is 6.61 Å². The van der Waals surface area contributed by atoms with Gasteiger partial charge in [0.25, 0.3) is 0 Å². The lowest BCUT2D eigenvalue weighted by atomic mass is 10.1. The van der Waals surface area contributed by atoms with E-state index in [4.69, 9.17) is 4.74 Å². The van der Waals surface area contributed by atoms with Crippen LogP contribution in [-0.2, 0) is 11.3 Å². The van der Waals surface area contributed by atoms with E-state index in [1.807, 2.05) is 30.3 Å². The predicted molar refractivity (Wildman–Crippen MR) is 65.2 cm³/mol. The molecule has 1 aliphatic rings. The number of hydrogen-bond donors (Lipinski definition) is 1. The molecule has 88 valence electrons. The number of nitrogens with one attached hydrogen (secondary N) is 1. The highest BCUT2D eigenvalue weighted by Gasteiger charge is 2.12. The molecule has 1 aromatic rings. The summed E-state index contributed by atoms with van der Waals surface area (Å²) in [5.41, 5.74) is 0.984. The average molecular weight is 229 g/mol. The zero-order valence-electron chi connectivity index (χ0n) is 9.61. The largest absolute Gasteiger partial charge is 0.445 e. The zero-order valence-corrected chi connectivity index (χ0v) is 9.61. The van der Waals surface area contributed by atoms with E-state index < -0.39 is 6.09 Å². The Morgan fingerprint density at radius 2 is 2.24 bits per heavy atom. The van der Waals surface area contributed by atoms with Gasteiger partial charge in [-0.2, -0.15) is 0 Å². The van der Waals surface area contributed by atoms with E-state index in [1.54, 1.807) is 0 Å². The molecule has 1 atom stereocenters. The quantitative estimate of drug-likeness (QED) is 0.808. The maximum absolute atomic E-state index is 11.5. The molecule has 0 aliphatic heterocycles. The molecule has 1 unspecified atom stereocenters. The molecule has 0 aromatic heterocycles. The van der Waals surface area contributed by atoms with Crippen molar-refractivity contribution in [3.8, 4) is 11.8 Å². The lowest BCUT2D eigenvalue weighted by molar-refractivity contribution is 0.137. The van der Waals surface area contributed by atoms with Gasteiger partial charge in [0.15, 0.2) is 0 Å². The summed E-state index contributed by atoms with van der Waals surface area (Å²) in [6, 6.07) is 9.57. The molecule has 3 nitrogen and oxygen atoms in total. The molecule has 0 heterocycles. The SMILES string of the molecule is O=C(NC1C#CCCC1)OCc1ccccc1. The Balaban J connectivity index is 1.75. The second-order valence-electron chi connectivity index (χ2n) is 3.97. The van der Waals surface area contributed by atoms with Crippen molar-refractivity contribution in [2.45, 2.75) is 31.9 Å². The van der Waals surface area contributed by atoms with Crippen molar-refractivity contribution in [2.24, 2.45) is 0 Å². The topological polar surface area (TPSA) is 38.3 Å². The van der Waals surface area contributed by atoms with Crippen molar-refractivity contribution in [1.29, 1.82) is 0 Å². The van der Waals surface area contributed by atoms with Gasteiger partial charge in [0.05, 0.1) is 6.04 Å². The van der Waals surface area contributed by atoms with E-state index in [1.165, 1.54) is 0 Å². The Kier molecular flexibility index (Phi) is 4.04. The number of rotatable bonds is 3. The second kappa shape index (κ2) is 5.95. The molecule has 2 rings (SSSR count). The van der Waals surface area contributed by atoms with Crippen LogP contribution in [0.3, 0.4) is 0 Å². The molecule has 1 amide bonds. The van der Waals surface area contributed by atoms with Crippen LogP contribution in [0.1, 0.15) is 24.8 Å². The Morgan fingerprint density at radius 1 is 1.41 bits per heavy atom. The van der Waals surface area contributed by atoms with Crippen LogP contribution in [0.4, 0.5) is 4.79 Å². The van der Waals surface area contributed by atoms with Gasteiger partial charge < -0.3 is 10.1 Å². The summed E-state index contributed by atoms with van der Waals surface area (Å²) in [7, 11) is 0. The molecule has 1 aromatic carbocycles. The minimum absolute atomic E-state index is 0.0491. The third-order valence-corrected chi connectivity index (χ3v) is 2.58. The molecular formula is C14H15NO2. The van der Waals surface area contributed by atoms with E-state index in [-0.39, 0.29) is 6.04 Å². The molecule has 1 N–H and O–H groups in total. The summed E-state index contributed by atoms with van der Waals surface area (Å²) in [4.78, 5) is 11.5. The van der Waals surface area contributed by atoms with E-state index in [0.717, 1.165) is 24.8 Å². The Hall–Kier alpha value is -1.95. The van der Waals surface area contributed by atoms with Gasteiger partial charge in [-0.3, -0.25) is 0 Å². The van der Waals surface area contributed by atoms with Gasteiger partial charge in [-0.1, -0.05) is 36.3 Å². The first kappa shape index (κ1) is 11.5. The number of alkyl carbamates (subject to hydrolysis) is 1. The van der Waals surface area contributed by atoms with Crippen LogP contribution < -0.4 is 5.32 Å². The number of ether oxygens (including phenoxy) is 1. The van der Waals surface area contributed by atoms with E-state index in [0.29, 0.717) is 6.61 Å². The third kappa shape index (κ3) is 3.84. The standard InChI is InChI=1S/C14H15NO2/c16-14(15-13-9-5-2-6-10-13)17-11-12-7-3-1-4-8-12/h1,3-4,7-8,13H,2,5,9,11H2,(H,15,16). The number of benzene rings is 1. The van der Waals surface area contributed by atoms with Crippen LogP contribution in [0.15, 0.2) is 30.3 Å². The number of amides is 1. The number of carbonyl (C=O) groups excluding carboxylic acids is 1. The van der Waals surface area contributed by atoms with Gasteiger partial charge in [0, 0.05) is 6.42 Å². The van der Waals surface area contributed by atoms with Crippen molar-refractivity contribution in [2.75, 3.05) is 0 Å². The van der Waals surface area contributed by atoms with Crippen molar-refractivity contribution in [3.05, 3.63) is 35.9 Å². The molecule has 0 bridgehead atoms. The summed E-state index contributed by atoms with van der Waals surface area (Å²) in [5, 5.41) is 2.75. The van der Waals surface area contributed by atoms with Crippen LogP contribution in [0.2, 0.25) is 0 Å². The maximum atomic E-state index is 11.5. The molecule has 0 saturated carbocycles. The summed E-state index contributed by atoms with van der Waals surface area (Å²) in [5.74, 6) is 5.98. The monoisotopic (exact) mass is 229 g/mol. The second-order valence-corrected chi connectivity index (χ2v) is 3.97. The van der Waals surface area contributed by atoms with Gasteiger partial charge in [0.2, 0.25) is 0 Å². The van der Waals surface area contributed by atoms with Gasteiger partial charge in [-0.05, 0) is 18.4 Å². The molecule has 0 radical (unpaired) electrons. The number of hydrogen-bond acceptors (Lipinski definition) is 2. The zero-order chi connectivity index (χ0) is 11.9. The fraction of sp³-hybridized carbons (Fsp3) is 0.357. The predicted octanol–water partition coefficient (Wildman–Crippen LogP) is 2.47. The van der Waals surface area contributed by atoms with Gasteiger partial charge in [-0.25, -0.2) is 4.79 Å². The maximum Gasteiger partial charge on any atom is 0.408 e. The first-order valence-corrected chi connectivity index (χ1v) is 5.80. The normalized spacial score (nSPS) is 17.8. The van der Waals surface area contributed by atoms with Crippen LogP contribution in [0, 0.1) is 11.8 Å². The third-order valence-electron chi connectivity index (χ3n) is 2.58. The van der Waals surface area contributed by atoms with E-state index in [2.05, 4.69) is 17.2 Å². The minimum atomic E-state index is -0.393. The first-order valence-electron chi connectivity index (χ1n) is 5.80. The van der Waals surface area contributed by atoms with E-state index in [9.17, 15) is 4.79 Å². The molecule has 0 fully saturated rings. The molecule has 0 saturated heterocycles. The summed E-state index contributed by atoms with van der Waals surface area (Å²) >= 11 is 0. The van der Waals surface area contributed by atoms with Crippen LogP contribution in [0.5, 0.6) is 0 Å². The molecule has 17 heavy (non-hydrogen) atoms. The molecular weight excluding hydrogens is 214 g/mol. The van der Waals surface area contributed by atoms with Crippen molar-refractivity contribution >= 4 is 6.09 Å². The Morgan fingerprint density at radius 3 is 2.94 bits per heavy atom. The van der Waals surface area contributed by atoms with Gasteiger partial charge >= 0.3 is 6.09 Å². The lowest BCUT2D eigenvalue weighted by Crippen LogP contribution is -2.34. The minimum Gasteiger partial charge on any atom is -0.445 e. The number of carbonyl (C=O) groups is 1. The highest BCUT2D eigenvalue weighted by atomic mass is 16.5. The molecule has 3 heteroatoms.